The van der Waals surface area contributed by atoms with E-state index in [1.807, 2.05) is 19.9 Å². The molecule has 0 saturated heterocycles. The summed E-state index contributed by atoms with van der Waals surface area (Å²) in [5.41, 5.74) is 2.10. The summed E-state index contributed by atoms with van der Waals surface area (Å²) in [6, 6.07) is 5.26. The Balaban J connectivity index is 1.94. The highest BCUT2D eigenvalue weighted by molar-refractivity contribution is 5.58. The first kappa shape index (κ1) is 13.3. The molecule has 1 unspecified atom stereocenters. The first-order chi connectivity index (χ1) is 8.56. The van der Waals surface area contributed by atoms with E-state index < -0.39 is 6.10 Å². The lowest BCUT2D eigenvalue weighted by atomic mass is 10.1. The number of hydrogen-bond donors (Lipinski definition) is 2. The van der Waals surface area contributed by atoms with E-state index in [4.69, 9.17) is 0 Å². The van der Waals surface area contributed by atoms with Crippen LogP contribution in [0.25, 0.3) is 0 Å². The van der Waals surface area contributed by atoms with Crippen LogP contribution >= 0.6 is 0 Å². The van der Waals surface area contributed by atoms with Crippen LogP contribution < -0.4 is 10.2 Å². The van der Waals surface area contributed by atoms with Gasteiger partial charge in [0.1, 0.15) is 5.82 Å². The second-order valence-corrected chi connectivity index (χ2v) is 5.19. The maximum absolute atomic E-state index is 13.2. The zero-order valence-electron chi connectivity index (χ0n) is 11.0. The van der Waals surface area contributed by atoms with Gasteiger partial charge in [0.05, 0.1) is 6.10 Å². The average Bonchev–Trinajstić information content (AvgIpc) is 2.69. The van der Waals surface area contributed by atoms with Gasteiger partial charge in [-0.25, -0.2) is 4.39 Å². The third-order valence-electron chi connectivity index (χ3n) is 3.23. The summed E-state index contributed by atoms with van der Waals surface area (Å²) in [6.45, 7) is 6.08. The number of benzene rings is 1. The first-order valence-electron chi connectivity index (χ1n) is 6.51. The minimum Gasteiger partial charge on any atom is -0.390 e. The summed E-state index contributed by atoms with van der Waals surface area (Å²) in [7, 11) is 0. The number of aliphatic hydroxyl groups excluding tert-OH is 1. The standard InChI is InChI=1S/C14H21FN2O/c1-10(2)16-8-13(18)9-17-6-5-11-3-4-12(15)7-14(11)17/h3-4,7,10,13,16,18H,5-6,8-9H2,1-2H3. The quantitative estimate of drug-likeness (QED) is 0.834. The van der Waals surface area contributed by atoms with E-state index in [2.05, 4.69) is 10.2 Å². The molecule has 0 amide bonds. The molecule has 2 N–H and O–H groups in total. The lowest BCUT2D eigenvalue weighted by Gasteiger charge is -2.23. The van der Waals surface area contributed by atoms with Crippen LogP contribution in [0, 0.1) is 5.82 Å². The van der Waals surface area contributed by atoms with Crippen LogP contribution in [0.15, 0.2) is 18.2 Å². The molecule has 18 heavy (non-hydrogen) atoms. The van der Waals surface area contributed by atoms with Crippen molar-refractivity contribution in [3.05, 3.63) is 29.6 Å². The van der Waals surface area contributed by atoms with E-state index in [1.165, 1.54) is 11.6 Å². The Morgan fingerprint density at radius 1 is 1.44 bits per heavy atom. The highest BCUT2D eigenvalue weighted by Crippen LogP contribution is 2.28. The van der Waals surface area contributed by atoms with Gasteiger partial charge in [-0.3, -0.25) is 0 Å². The van der Waals surface area contributed by atoms with Crippen LogP contribution in [0.5, 0.6) is 0 Å². The number of nitrogens with zero attached hydrogens (tertiary/aromatic N) is 1. The van der Waals surface area contributed by atoms with Crippen molar-refractivity contribution in [3.8, 4) is 0 Å². The van der Waals surface area contributed by atoms with E-state index in [1.54, 1.807) is 6.07 Å². The highest BCUT2D eigenvalue weighted by atomic mass is 19.1. The smallest absolute Gasteiger partial charge is 0.125 e. The van der Waals surface area contributed by atoms with Crippen LogP contribution in [-0.4, -0.2) is 36.9 Å². The Hall–Kier alpha value is -1.13. The van der Waals surface area contributed by atoms with Crippen LogP contribution in [-0.2, 0) is 6.42 Å². The Labute approximate surface area is 108 Å². The molecular formula is C14H21FN2O. The zero-order valence-corrected chi connectivity index (χ0v) is 11.0. The van der Waals surface area contributed by atoms with Gasteiger partial charge in [-0.2, -0.15) is 0 Å². The zero-order chi connectivity index (χ0) is 13.1. The number of hydrogen-bond acceptors (Lipinski definition) is 3. The molecule has 1 atom stereocenters. The van der Waals surface area contributed by atoms with Crippen molar-refractivity contribution in [2.24, 2.45) is 0 Å². The molecule has 1 heterocycles. The number of nitrogens with one attached hydrogen (secondary N) is 1. The number of halogens is 1. The van der Waals surface area contributed by atoms with E-state index >= 15 is 0 Å². The highest BCUT2D eigenvalue weighted by Gasteiger charge is 2.21. The number of β-amino-alcohol motifs (C(OH)–C–C–N with tert-alkyl or cyclic N) is 1. The van der Waals surface area contributed by atoms with Crippen molar-refractivity contribution in [3.63, 3.8) is 0 Å². The summed E-state index contributed by atoms with van der Waals surface area (Å²) in [5, 5.41) is 13.2. The predicted octanol–water partition coefficient (Wildman–Crippen LogP) is 1.55. The van der Waals surface area contributed by atoms with Gasteiger partial charge in [0.25, 0.3) is 0 Å². The summed E-state index contributed by atoms with van der Waals surface area (Å²) in [6.07, 6.45) is 0.501. The van der Waals surface area contributed by atoms with E-state index in [0.717, 1.165) is 18.7 Å². The number of anilines is 1. The van der Waals surface area contributed by atoms with E-state index in [0.29, 0.717) is 19.1 Å². The SMILES string of the molecule is CC(C)NCC(O)CN1CCc2ccc(F)cc21. The third kappa shape index (κ3) is 3.21. The van der Waals surface area contributed by atoms with Gasteiger partial charge >= 0.3 is 0 Å². The number of rotatable bonds is 5. The number of aliphatic hydroxyl groups is 1. The van der Waals surface area contributed by atoms with Crippen molar-refractivity contribution < 1.29 is 9.50 Å². The third-order valence-corrected chi connectivity index (χ3v) is 3.23. The molecule has 3 nitrogen and oxygen atoms in total. The van der Waals surface area contributed by atoms with Crippen LogP contribution in [0.2, 0.25) is 0 Å². The van der Waals surface area contributed by atoms with Crippen LogP contribution in [0.1, 0.15) is 19.4 Å². The number of fused-ring (bicyclic) bond motifs is 1. The van der Waals surface area contributed by atoms with Crippen molar-refractivity contribution in [1.82, 2.24) is 5.32 Å². The molecule has 1 aliphatic heterocycles. The largest absolute Gasteiger partial charge is 0.390 e. The predicted molar refractivity (Wildman–Crippen MR) is 71.5 cm³/mol. The summed E-state index contributed by atoms with van der Waals surface area (Å²) < 4.78 is 13.2. The minimum atomic E-state index is -0.429. The van der Waals surface area contributed by atoms with Crippen molar-refractivity contribution in [1.29, 1.82) is 0 Å². The Morgan fingerprint density at radius 2 is 2.22 bits per heavy atom. The average molecular weight is 252 g/mol. The van der Waals surface area contributed by atoms with Gasteiger partial charge in [0, 0.05) is 31.4 Å². The Morgan fingerprint density at radius 3 is 2.94 bits per heavy atom. The van der Waals surface area contributed by atoms with Gasteiger partial charge in [0.2, 0.25) is 0 Å². The van der Waals surface area contributed by atoms with Gasteiger partial charge < -0.3 is 15.3 Å². The molecule has 1 aromatic rings. The van der Waals surface area contributed by atoms with Gasteiger partial charge in [-0.15, -0.1) is 0 Å². The van der Waals surface area contributed by atoms with Gasteiger partial charge in [-0.1, -0.05) is 19.9 Å². The monoisotopic (exact) mass is 252 g/mol. The lowest BCUT2D eigenvalue weighted by molar-refractivity contribution is 0.174. The van der Waals surface area contributed by atoms with E-state index in [9.17, 15) is 9.50 Å². The van der Waals surface area contributed by atoms with Crippen molar-refractivity contribution >= 4 is 5.69 Å². The Kier molecular flexibility index (Phi) is 4.19. The molecule has 0 spiro atoms. The molecule has 1 aromatic carbocycles. The van der Waals surface area contributed by atoms with E-state index in [-0.39, 0.29) is 5.82 Å². The molecule has 100 valence electrons. The molecule has 0 aromatic heterocycles. The summed E-state index contributed by atoms with van der Waals surface area (Å²) in [4.78, 5) is 2.06. The van der Waals surface area contributed by atoms with Gasteiger partial charge in [0.15, 0.2) is 0 Å². The fraction of sp³-hybridized carbons (Fsp3) is 0.571. The molecule has 0 fully saturated rings. The topological polar surface area (TPSA) is 35.5 Å². The molecule has 1 aliphatic rings. The summed E-state index contributed by atoms with van der Waals surface area (Å²) >= 11 is 0. The Bertz CT molecular complexity index is 409. The maximum atomic E-state index is 13.2. The molecule has 0 saturated carbocycles. The molecular weight excluding hydrogens is 231 g/mol. The summed E-state index contributed by atoms with van der Waals surface area (Å²) in [5.74, 6) is -0.213. The van der Waals surface area contributed by atoms with Crippen molar-refractivity contribution in [2.45, 2.75) is 32.4 Å². The normalized spacial score (nSPS) is 16.2. The second-order valence-electron chi connectivity index (χ2n) is 5.19. The molecule has 0 radical (unpaired) electrons. The molecule has 0 bridgehead atoms. The molecule has 2 rings (SSSR count). The minimum absolute atomic E-state index is 0.213. The van der Waals surface area contributed by atoms with Gasteiger partial charge in [-0.05, 0) is 24.1 Å². The van der Waals surface area contributed by atoms with Crippen molar-refractivity contribution in [2.75, 3.05) is 24.5 Å². The first-order valence-corrected chi connectivity index (χ1v) is 6.51. The van der Waals surface area contributed by atoms with Crippen LogP contribution in [0.3, 0.4) is 0 Å². The molecule has 0 aliphatic carbocycles. The van der Waals surface area contributed by atoms with Crippen LogP contribution in [0.4, 0.5) is 10.1 Å². The lowest BCUT2D eigenvalue weighted by Crippen LogP contribution is -2.39. The fourth-order valence-electron chi connectivity index (χ4n) is 2.30. The second kappa shape index (κ2) is 5.67. The maximum Gasteiger partial charge on any atom is 0.125 e. The molecule has 4 heteroatoms. The fourth-order valence-corrected chi connectivity index (χ4v) is 2.30.